The van der Waals surface area contributed by atoms with Gasteiger partial charge in [0.2, 0.25) is 0 Å². The molecule has 1 fully saturated rings. The van der Waals surface area contributed by atoms with E-state index in [1.807, 2.05) is 13.1 Å². The lowest BCUT2D eigenvalue weighted by Crippen LogP contribution is -2.07. The molecule has 0 spiro atoms. The maximum atomic E-state index is 5.75. The van der Waals surface area contributed by atoms with E-state index in [9.17, 15) is 0 Å². The molecule has 3 nitrogen and oxygen atoms in total. The molecule has 2 rings (SSSR count). The lowest BCUT2D eigenvalue weighted by Gasteiger charge is -2.03. The summed E-state index contributed by atoms with van der Waals surface area (Å²) < 4.78 is 0. The maximum Gasteiger partial charge on any atom is 0.0551 e. The molecule has 0 bridgehead atoms. The summed E-state index contributed by atoms with van der Waals surface area (Å²) in [6.45, 7) is 1.99. The first-order valence-electron chi connectivity index (χ1n) is 4.08. The van der Waals surface area contributed by atoms with Gasteiger partial charge in [-0.1, -0.05) is 0 Å². The number of hydrogen-bond acceptors (Lipinski definition) is 2. The van der Waals surface area contributed by atoms with Gasteiger partial charge in [0.05, 0.1) is 11.9 Å². The molecule has 0 radical (unpaired) electrons. The molecule has 1 saturated carbocycles. The van der Waals surface area contributed by atoms with Gasteiger partial charge in [-0.2, -0.15) is 5.10 Å². The SMILES string of the molecule is CC(N)c1[nH]ncc1C1CC1. The Kier molecular flexibility index (Phi) is 1.46. The van der Waals surface area contributed by atoms with E-state index in [-0.39, 0.29) is 6.04 Å². The first-order chi connectivity index (χ1) is 5.29. The molecule has 1 aliphatic carbocycles. The van der Waals surface area contributed by atoms with E-state index in [4.69, 9.17) is 5.73 Å². The van der Waals surface area contributed by atoms with Gasteiger partial charge in [-0.25, -0.2) is 0 Å². The Bertz CT molecular complexity index is 231. The topological polar surface area (TPSA) is 54.7 Å². The summed E-state index contributed by atoms with van der Waals surface area (Å²) in [5.41, 5.74) is 8.20. The molecular formula is C8H13N3. The molecule has 1 atom stereocenters. The van der Waals surface area contributed by atoms with Crippen LogP contribution in [0.25, 0.3) is 0 Å². The van der Waals surface area contributed by atoms with E-state index in [1.54, 1.807) is 0 Å². The molecule has 0 aromatic carbocycles. The second-order valence-corrected chi connectivity index (χ2v) is 3.30. The number of H-pyrrole nitrogens is 1. The average molecular weight is 151 g/mol. The molecule has 3 N–H and O–H groups in total. The van der Waals surface area contributed by atoms with Crippen molar-refractivity contribution in [1.82, 2.24) is 10.2 Å². The monoisotopic (exact) mass is 151 g/mol. The first kappa shape index (κ1) is 6.85. The summed E-state index contributed by atoms with van der Waals surface area (Å²) in [6, 6.07) is 0.0908. The molecule has 11 heavy (non-hydrogen) atoms. The lowest BCUT2D eigenvalue weighted by atomic mass is 10.1. The third-order valence-corrected chi connectivity index (χ3v) is 2.17. The minimum atomic E-state index is 0.0908. The first-order valence-corrected chi connectivity index (χ1v) is 4.08. The average Bonchev–Trinajstić information content (AvgIpc) is 2.68. The number of nitrogens with two attached hydrogens (primary N) is 1. The number of rotatable bonds is 2. The standard InChI is InChI=1S/C8H13N3/c1-5(9)8-7(4-10-11-8)6-2-3-6/h4-6H,2-3,9H2,1H3,(H,10,11). The van der Waals surface area contributed by atoms with Crippen LogP contribution in [0, 0.1) is 0 Å². The van der Waals surface area contributed by atoms with E-state index in [2.05, 4.69) is 10.2 Å². The van der Waals surface area contributed by atoms with Crippen LogP contribution < -0.4 is 5.73 Å². The van der Waals surface area contributed by atoms with Crippen LogP contribution in [0.4, 0.5) is 0 Å². The van der Waals surface area contributed by atoms with Crippen molar-refractivity contribution in [1.29, 1.82) is 0 Å². The molecule has 0 saturated heterocycles. The highest BCUT2D eigenvalue weighted by atomic mass is 15.1. The fraction of sp³-hybridized carbons (Fsp3) is 0.625. The number of aromatic nitrogens is 2. The van der Waals surface area contributed by atoms with Crippen LogP contribution >= 0.6 is 0 Å². The fourth-order valence-corrected chi connectivity index (χ4v) is 1.39. The summed E-state index contributed by atoms with van der Waals surface area (Å²) in [5, 5.41) is 6.95. The Labute approximate surface area is 66.0 Å². The quantitative estimate of drug-likeness (QED) is 0.669. The smallest absolute Gasteiger partial charge is 0.0551 e. The molecular weight excluding hydrogens is 138 g/mol. The maximum absolute atomic E-state index is 5.75. The molecule has 1 heterocycles. The number of aromatic amines is 1. The van der Waals surface area contributed by atoms with Crippen LogP contribution in [0.1, 0.15) is 43.0 Å². The van der Waals surface area contributed by atoms with E-state index < -0.39 is 0 Å². The summed E-state index contributed by atoms with van der Waals surface area (Å²) in [7, 11) is 0. The molecule has 1 unspecified atom stereocenters. The Morgan fingerprint density at radius 1 is 1.73 bits per heavy atom. The van der Waals surface area contributed by atoms with Crippen molar-refractivity contribution >= 4 is 0 Å². The molecule has 1 aliphatic rings. The Morgan fingerprint density at radius 2 is 2.45 bits per heavy atom. The molecule has 60 valence electrons. The van der Waals surface area contributed by atoms with Crippen LogP contribution in [0.5, 0.6) is 0 Å². The highest BCUT2D eigenvalue weighted by Crippen LogP contribution is 2.41. The predicted molar refractivity (Wildman–Crippen MR) is 43.2 cm³/mol. The van der Waals surface area contributed by atoms with Gasteiger partial charge in [0.1, 0.15) is 0 Å². The number of nitrogens with one attached hydrogen (secondary N) is 1. The Hall–Kier alpha value is -0.830. The molecule has 1 aromatic rings. The van der Waals surface area contributed by atoms with Gasteiger partial charge in [-0.3, -0.25) is 5.10 Å². The van der Waals surface area contributed by atoms with Gasteiger partial charge in [0, 0.05) is 6.04 Å². The van der Waals surface area contributed by atoms with E-state index >= 15 is 0 Å². The van der Waals surface area contributed by atoms with Gasteiger partial charge < -0.3 is 5.73 Å². The zero-order valence-electron chi connectivity index (χ0n) is 6.67. The second-order valence-electron chi connectivity index (χ2n) is 3.30. The highest BCUT2D eigenvalue weighted by molar-refractivity contribution is 5.27. The largest absolute Gasteiger partial charge is 0.323 e. The molecule has 0 aliphatic heterocycles. The zero-order valence-corrected chi connectivity index (χ0v) is 6.67. The van der Waals surface area contributed by atoms with E-state index in [0.29, 0.717) is 0 Å². The van der Waals surface area contributed by atoms with Crippen molar-refractivity contribution in [2.75, 3.05) is 0 Å². The number of hydrogen-bond donors (Lipinski definition) is 2. The minimum Gasteiger partial charge on any atom is -0.323 e. The number of nitrogens with zero attached hydrogens (tertiary/aromatic N) is 1. The summed E-state index contributed by atoms with van der Waals surface area (Å²) >= 11 is 0. The molecule has 0 amide bonds. The van der Waals surface area contributed by atoms with Crippen molar-refractivity contribution in [3.05, 3.63) is 17.5 Å². The fourth-order valence-electron chi connectivity index (χ4n) is 1.39. The van der Waals surface area contributed by atoms with Crippen molar-refractivity contribution < 1.29 is 0 Å². The third-order valence-electron chi connectivity index (χ3n) is 2.17. The van der Waals surface area contributed by atoms with Crippen molar-refractivity contribution in [2.45, 2.75) is 31.7 Å². The van der Waals surface area contributed by atoms with Gasteiger partial charge >= 0.3 is 0 Å². The normalized spacial score (nSPS) is 20.2. The van der Waals surface area contributed by atoms with Crippen molar-refractivity contribution in [2.24, 2.45) is 5.73 Å². The van der Waals surface area contributed by atoms with E-state index in [0.717, 1.165) is 11.6 Å². The lowest BCUT2D eigenvalue weighted by molar-refractivity contribution is 0.759. The third kappa shape index (κ3) is 1.16. The highest BCUT2D eigenvalue weighted by Gasteiger charge is 2.27. The molecule has 1 aromatic heterocycles. The summed E-state index contributed by atoms with van der Waals surface area (Å²) in [5.74, 6) is 0.745. The minimum absolute atomic E-state index is 0.0908. The van der Waals surface area contributed by atoms with Gasteiger partial charge in [-0.05, 0) is 31.2 Å². The summed E-state index contributed by atoms with van der Waals surface area (Å²) in [6.07, 6.45) is 4.52. The zero-order chi connectivity index (χ0) is 7.84. The van der Waals surface area contributed by atoms with E-state index in [1.165, 1.54) is 18.4 Å². The van der Waals surface area contributed by atoms with Crippen LogP contribution in [0.2, 0.25) is 0 Å². The predicted octanol–water partition coefficient (Wildman–Crippen LogP) is 1.31. The molecule has 3 heteroatoms. The van der Waals surface area contributed by atoms with Crippen LogP contribution in [0.15, 0.2) is 6.20 Å². The van der Waals surface area contributed by atoms with Gasteiger partial charge in [-0.15, -0.1) is 0 Å². The van der Waals surface area contributed by atoms with Crippen LogP contribution in [-0.4, -0.2) is 10.2 Å². The van der Waals surface area contributed by atoms with Crippen molar-refractivity contribution in [3.63, 3.8) is 0 Å². The Morgan fingerprint density at radius 3 is 3.00 bits per heavy atom. The summed E-state index contributed by atoms with van der Waals surface area (Å²) in [4.78, 5) is 0. The van der Waals surface area contributed by atoms with Crippen LogP contribution in [0.3, 0.4) is 0 Å². The van der Waals surface area contributed by atoms with Gasteiger partial charge in [0.25, 0.3) is 0 Å². The van der Waals surface area contributed by atoms with Crippen molar-refractivity contribution in [3.8, 4) is 0 Å². The Balaban J connectivity index is 2.30. The second kappa shape index (κ2) is 2.34. The van der Waals surface area contributed by atoms with Crippen LogP contribution in [-0.2, 0) is 0 Å². The van der Waals surface area contributed by atoms with Gasteiger partial charge in [0.15, 0.2) is 0 Å².